The van der Waals surface area contributed by atoms with Gasteiger partial charge in [0.25, 0.3) is 17.4 Å². The van der Waals surface area contributed by atoms with Crippen LogP contribution in [0.4, 0.5) is 0 Å². The molecular formula is C23H20N4O3S. The summed E-state index contributed by atoms with van der Waals surface area (Å²) in [6.07, 6.45) is 1.28. The molecule has 2 aromatic heterocycles. The highest BCUT2D eigenvalue weighted by atomic mass is 32.1. The zero-order valence-electron chi connectivity index (χ0n) is 17.0. The van der Waals surface area contributed by atoms with Gasteiger partial charge in [-0.15, -0.1) is 11.3 Å². The number of fused-ring (bicyclic) bond motifs is 1. The van der Waals surface area contributed by atoms with Crippen LogP contribution in [0, 0.1) is 13.8 Å². The summed E-state index contributed by atoms with van der Waals surface area (Å²) < 4.78 is 1.05. The van der Waals surface area contributed by atoms with Gasteiger partial charge in [-0.3, -0.25) is 19.8 Å². The van der Waals surface area contributed by atoms with Crippen molar-refractivity contribution in [1.29, 1.82) is 0 Å². The normalized spacial score (nSPS) is 10.8. The first-order chi connectivity index (χ1) is 14.9. The number of aryl methyl sites for hydroxylation is 2. The molecule has 0 radical (unpaired) electrons. The van der Waals surface area contributed by atoms with Gasteiger partial charge in [0, 0.05) is 16.5 Å². The van der Waals surface area contributed by atoms with Gasteiger partial charge in [-0.05, 0) is 31.5 Å². The number of thiophene rings is 1. The monoisotopic (exact) mass is 432 g/mol. The molecule has 4 rings (SSSR count). The van der Waals surface area contributed by atoms with Crippen molar-refractivity contribution in [2.75, 3.05) is 12.0 Å². The summed E-state index contributed by atoms with van der Waals surface area (Å²) in [4.78, 5) is 42.6. The highest BCUT2D eigenvalue weighted by Crippen LogP contribution is 2.30. The molecule has 2 heterocycles. The number of carbonyl (C=O) groups is 2. The maximum Gasteiger partial charge on any atom is 0.281 e. The third-order valence-electron chi connectivity index (χ3n) is 4.72. The summed E-state index contributed by atoms with van der Waals surface area (Å²) in [5.41, 5.74) is 6.20. The van der Waals surface area contributed by atoms with Crippen molar-refractivity contribution in [2.45, 2.75) is 13.8 Å². The van der Waals surface area contributed by atoms with Gasteiger partial charge < -0.3 is 5.32 Å². The average molecular weight is 433 g/mol. The lowest BCUT2D eigenvalue weighted by Crippen LogP contribution is -2.39. The lowest BCUT2D eigenvalue weighted by molar-refractivity contribution is -0.116. The Morgan fingerprint density at radius 2 is 1.77 bits per heavy atom. The van der Waals surface area contributed by atoms with Crippen molar-refractivity contribution in [1.82, 2.24) is 15.0 Å². The predicted octanol–water partition coefficient (Wildman–Crippen LogP) is 3.24. The number of aromatic nitrogens is 2. The molecule has 4 aromatic rings. The Balaban J connectivity index is 1.51. The van der Waals surface area contributed by atoms with Crippen molar-refractivity contribution >= 4 is 33.4 Å². The van der Waals surface area contributed by atoms with E-state index in [2.05, 4.69) is 15.7 Å². The molecule has 7 nitrogen and oxygen atoms in total. The van der Waals surface area contributed by atoms with Gasteiger partial charge in [-0.1, -0.05) is 47.5 Å². The topological polar surface area (TPSA) is 93.1 Å². The predicted molar refractivity (Wildman–Crippen MR) is 122 cm³/mol. The van der Waals surface area contributed by atoms with E-state index in [0.29, 0.717) is 15.8 Å². The number of amides is 2. The summed E-state index contributed by atoms with van der Waals surface area (Å²) in [7, 11) is 0. The van der Waals surface area contributed by atoms with Gasteiger partial charge >= 0.3 is 0 Å². The molecule has 0 aliphatic rings. The number of carbonyl (C=O) groups excluding carboxylic acids is 2. The number of nitrogens with zero attached hydrogens (tertiary/aromatic N) is 2. The molecule has 0 bridgehead atoms. The Hall–Kier alpha value is -3.78. The molecule has 2 aromatic carbocycles. The number of hydrogen-bond acceptors (Lipinski definition) is 5. The van der Waals surface area contributed by atoms with E-state index in [1.54, 1.807) is 12.1 Å². The van der Waals surface area contributed by atoms with Gasteiger partial charge in [-0.25, -0.2) is 9.66 Å². The van der Waals surface area contributed by atoms with Crippen molar-refractivity contribution < 1.29 is 9.59 Å². The zero-order valence-corrected chi connectivity index (χ0v) is 17.8. The van der Waals surface area contributed by atoms with Crippen LogP contribution in [0.1, 0.15) is 21.5 Å². The van der Waals surface area contributed by atoms with Gasteiger partial charge in [0.15, 0.2) is 0 Å². The standard InChI is InChI=1S/C23H20N4O3S/c1-14-8-15(2)10-17(9-14)21(29)24-11-19(28)26-27-13-25-22-20(23(27)30)18(12-31-22)16-6-4-3-5-7-16/h3-10,12-13H,11H2,1-2H3,(H,24,29)(H,26,28). The first-order valence-electron chi connectivity index (χ1n) is 9.63. The largest absolute Gasteiger partial charge is 0.343 e. The molecule has 0 unspecified atom stereocenters. The van der Waals surface area contributed by atoms with E-state index < -0.39 is 5.91 Å². The molecule has 0 fully saturated rings. The minimum absolute atomic E-state index is 0.272. The van der Waals surface area contributed by atoms with E-state index in [4.69, 9.17) is 0 Å². The molecule has 156 valence electrons. The average Bonchev–Trinajstić information content (AvgIpc) is 3.19. The second-order valence-electron chi connectivity index (χ2n) is 7.21. The minimum atomic E-state index is -0.530. The summed E-state index contributed by atoms with van der Waals surface area (Å²) in [6, 6.07) is 15.0. The summed E-state index contributed by atoms with van der Waals surface area (Å²) in [5.74, 6) is -0.885. The Labute approximate surface area is 182 Å². The molecule has 8 heteroatoms. The molecule has 0 atom stereocenters. The maximum atomic E-state index is 13.0. The second-order valence-corrected chi connectivity index (χ2v) is 8.07. The van der Waals surface area contributed by atoms with Crippen LogP contribution in [0.2, 0.25) is 0 Å². The van der Waals surface area contributed by atoms with Crippen LogP contribution in [0.3, 0.4) is 0 Å². The minimum Gasteiger partial charge on any atom is -0.343 e. The number of nitrogens with one attached hydrogen (secondary N) is 2. The smallest absolute Gasteiger partial charge is 0.281 e. The number of benzene rings is 2. The molecule has 2 amide bonds. The third kappa shape index (κ3) is 4.39. The Morgan fingerprint density at radius 3 is 2.48 bits per heavy atom. The lowest BCUT2D eigenvalue weighted by atomic mass is 10.1. The molecule has 31 heavy (non-hydrogen) atoms. The van der Waals surface area contributed by atoms with Crippen LogP contribution < -0.4 is 16.3 Å². The van der Waals surface area contributed by atoms with Crippen LogP contribution in [0.15, 0.2) is 65.0 Å². The molecule has 0 spiro atoms. The second kappa shape index (κ2) is 8.53. The molecule has 2 N–H and O–H groups in total. The van der Waals surface area contributed by atoms with Gasteiger partial charge in [0.1, 0.15) is 11.2 Å². The van der Waals surface area contributed by atoms with E-state index in [9.17, 15) is 14.4 Å². The van der Waals surface area contributed by atoms with E-state index in [0.717, 1.165) is 26.9 Å². The van der Waals surface area contributed by atoms with Crippen molar-refractivity contribution in [2.24, 2.45) is 0 Å². The zero-order chi connectivity index (χ0) is 22.0. The fourth-order valence-corrected chi connectivity index (χ4v) is 4.29. The van der Waals surface area contributed by atoms with Crippen LogP contribution in [-0.2, 0) is 4.79 Å². The van der Waals surface area contributed by atoms with Crippen LogP contribution >= 0.6 is 11.3 Å². The number of hydrogen-bond donors (Lipinski definition) is 2. The first-order valence-corrected chi connectivity index (χ1v) is 10.5. The van der Waals surface area contributed by atoms with Gasteiger partial charge in [-0.2, -0.15) is 0 Å². The third-order valence-corrected chi connectivity index (χ3v) is 5.60. The Kier molecular flexibility index (Phi) is 5.64. The molecule has 0 aliphatic carbocycles. The van der Waals surface area contributed by atoms with E-state index in [1.807, 2.05) is 55.6 Å². The molecular weight excluding hydrogens is 412 g/mol. The quantitative estimate of drug-likeness (QED) is 0.506. The lowest BCUT2D eigenvalue weighted by Gasteiger charge is -2.10. The van der Waals surface area contributed by atoms with Gasteiger partial charge in [0.05, 0.1) is 11.9 Å². The van der Waals surface area contributed by atoms with E-state index in [-0.39, 0.29) is 18.0 Å². The van der Waals surface area contributed by atoms with Crippen LogP contribution in [0.5, 0.6) is 0 Å². The van der Waals surface area contributed by atoms with E-state index >= 15 is 0 Å². The number of rotatable bonds is 5. The highest BCUT2D eigenvalue weighted by molar-refractivity contribution is 7.17. The summed E-state index contributed by atoms with van der Waals surface area (Å²) in [6.45, 7) is 3.53. The maximum absolute atomic E-state index is 13.0. The van der Waals surface area contributed by atoms with Crippen molar-refractivity contribution in [3.05, 3.63) is 87.3 Å². The van der Waals surface area contributed by atoms with E-state index in [1.165, 1.54) is 17.7 Å². The van der Waals surface area contributed by atoms with Crippen molar-refractivity contribution in [3.8, 4) is 11.1 Å². The van der Waals surface area contributed by atoms with Crippen molar-refractivity contribution in [3.63, 3.8) is 0 Å². The highest BCUT2D eigenvalue weighted by Gasteiger charge is 2.15. The Morgan fingerprint density at radius 1 is 1.06 bits per heavy atom. The summed E-state index contributed by atoms with van der Waals surface area (Å²) in [5, 5.41) is 4.90. The fraction of sp³-hybridized carbons (Fsp3) is 0.130. The molecule has 0 aliphatic heterocycles. The first kappa shape index (κ1) is 20.5. The SMILES string of the molecule is Cc1cc(C)cc(C(=O)NCC(=O)Nn2cnc3scc(-c4ccccc4)c3c2=O)c1. The fourth-order valence-electron chi connectivity index (χ4n) is 3.38. The Bertz CT molecular complexity index is 1320. The molecule has 0 saturated carbocycles. The van der Waals surface area contributed by atoms with Gasteiger partial charge in [0.2, 0.25) is 0 Å². The van der Waals surface area contributed by atoms with Crippen LogP contribution in [0.25, 0.3) is 21.3 Å². The van der Waals surface area contributed by atoms with Crippen LogP contribution in [-0.4, -0.2) is 28.0 Å². The molecule has 0 saturated heterocycles. The summed E-state index contributed by atoms with van der Waals surface area (Å²) >= 11 is 1.37.